The number of aryl methyl sites for hydroxylation is 1. The van der Waals surface area contributed by atoms with Crippen molar-refractivity contribution in [2.45, 2.75) is 31.8 Å². The minimum Gasteiger partial charge on any atom is -0.491 e. The fraction of sp³-hybridized carbons (Fsp3) is 0.278. The van der Waals surface area contributed by atoms with Crippen LogP contribution in [-0.4, -0.2) is 26.3 Å². The van der Waals surface area contributed by atoms with Gasteiger partial charge in [0.25, 0.3) is 5.88 Å². The van der Waals surface area contributed by atoms with Gasteiger partial charge in [-0.05, 0) is 36.4 Å². The van der Waals surface area contributed by atoms with Gasteiger partial charge in [-0.3, -0.25) is 0 Å². The van der Waals surface area contributed by atoms with Crippen LogP contribution in [0.2, 0.25) is 0 Å². The van der Waals surface area contributed by atoms with Gasteiger partial charge >= 0.3 is 6.01 Å². The number of rotatable bonds is 4. The van der Waals surface area contributed by atoms with Crippen LogP contribution in [0.15, 0.2) is 47.2 Å². The maximum atomic E-state index is 9.19. The molecular weight excluding hydrogens is 306 g/mol. The molecular formula is C18H17N3O3. The third kappa shape index (κ3) is 2.95. The Labute approximate surface area is 139 Å². The van der Waals surface area contributed by atoms with E-state index in [9.17, 15) is 5.11 Å². The van der Waals surface area contributed by atoms with Crippen LogP contribution >= 0.6 is 0 Å². The minimum absolute atomic E-state index is 0.150. The van der Waals surface area contributed by atoms with Crippen molar-refractivity contribution < 1.29 is 14.4 Å². The SMILES string of the molecule is Cc1ccc([C@H]2C[C@@H](Oc3ncc(-c4cc(O)no4)cn3)C2)cc1. The molecule has 1 N–H and O–H groups in total. The summed E-state index contributed by atoms with van der Waals surface area (Å²) in [5, 5.41) is 12.6. The molecule has 122 valence electrons. The first-order valence-electron chi connectivity index (χ1n) is 7.89. The van der Waals surface area contributed by atoms with E-state index in [0.29, 0.717) is 23.3 Å². The fourth-order valence-electron chi connectivity index (χ4n) is 2.83. The number of hydrogen-bond donors (Lipinski definition) is 1. The van der Waals surface area contributed by atoms with Crippen LogP contribution in [0.5, 0.6) is 11.9 Å². The van der Waals surface area contributed by atoms with Gasteiger partial charge in [0, 0.05) is 18.5 Å². The van der Waals surface area contributed by atoms with Gasteiger partial charge in [-0.25, -0.2) is 9.97 Å². The van der Waals surface area contributed by atoms with E-state index in [-0.39, 0.29) is 12.0 Å². The van der Waals surface area contributed by atoms with Crippen molar-refractivity contribution in [3.63, 3.8) is 0 Å². The van der Waals surface area contributed by atoms with E-state index in [0.717, 1.165) is 12.8 Å². The molecule has 0 unspecified atom stereocenters. The highest BCUT2D eigenvalue weighted by molar-refractivity contribution is 5.55. The standard InChI is InChI=1S/C18H17N3O3/c1-11-2-4-12(5-3-11)13-6-15(7-13)23-18-19-9-14(10-20-18)16-8-17(22)21-24-16/h2-5,8-10,13,15H,6-7H2,1H3,(H,21,22)/t13-,15+. The molecule has 0 radical (unpaired) electrons. The molecule has 6 heteroatoms. The number of ether oxygens (including phenoxy) is 1. The minimum atomic E-state index is -0.165. The Morgan fingerprint density at radius 1 is 1.12 bits per heavy atom. The quantitative estimate of drug-likeness (QED) is 0.792. The zero-order valence-corrected chi connectivity index (χ0v) is 13.2. The van der Waals surface area contributed by atoms with Gasteiger partial charge in [-0.1, -0.05) is 29.8 Å². The van der Waals surface area contributed by atoms with Crippen molar-refractivity contribution in [3.8, 4) is 23.2 Å². The van der Waals surface area contributed by atoms with E-state index in [1.807, 2.05) is 0 Å². The Morgan fingerprint density at radius 3 is 2.46 bits per heavy atom. The molecule has 2 aromatic heterocycles. The van der Waals surface area contributed by atoms with Gasteiger partial charge in [0.15, 0.2) is 5.76 Å². The van der Waals surface area contributed by atoms with Gasteiger partial charge in [0.2, 0.25) is 0 Å². The zero-order chi connectivity index (χ0) is 16.5. The summed E-state index contributed by atoms with van der Waals surface area (Å²) in [6, 6.07) is 10.4. The van der Waals surface area contributed by atoms with Crippen LogP contribution < -0.4 is 4.74 Å². The second kappa shape index (κ2) is 5.96. The van der Waals surface area contributed by atoms with Gasteiger partial charge in [0.1, 0.15) is 6.10 Å². The van der Waals surface area contributed by atoms with Crippen molar-refractivity contribution in [3.05, 3.63) is 53.9 Å². The summed E-state index contributed by atoms with van der Waals surface area (Å²) in [6.07, 6.45) is 5.29. The lowest BCUT2D eigenvalue weighted by Gasteiger charge is -2.35. The average molecular weight is 323 g/mol. The zero-order valence-electron chi connectivity index (χ0n) is 13.2. The van der Waals surface area contributed by atoms with E-state index < -0.39 is 0 Å². The number of aromatic nitrogens is 3. The first-order valence-corrected chi connectivity index (χ1v) is 7.89. The molecule has 0 aliphatic heterocycles. The molecule has 4 rings (SSSR count). The normalized spacial score (nSPS) is 19.7. The van der Waals surface area contributed by atoms with E-state index >= 15 is 0 Å². The monoisotopic (exact) mass is 323 g/mol. The number of aromatic hydroxyl groups is 1. The van der Waals surface area contributed by atoms with Crippen LogP contribution in [0.1, 0.15) is 29.9 Å². The highest BCUT2D eigenvalue weighted by atomic mass is 16.5. The largest absolute Gasteiger partial charge is 0.491 e. The third-order valence-electron chi connectivity index (χ3n) is 4.33. The lowest BCUT2D eigenvalue weighted by molar-refractivity contribution is 0.0882. The molecule has 3 aromatic rings. The summed E-state index contributed by atoms with van der Waals surface area (Å²) in [7, 11) is 0. The van der Waals surface area contributed by atoms with Gasteiger partial charge in [-0.2, -0.15) is 0 Å². The molecule has 1 aliphatic carbocycles. The molecule has 1 aliphatic rings. The smallest absolute Gasteiger partial charge is 0.316 e. The highest BCUT2D eigenvalue weighted by Crippen LogP contribution is 2.38. The predicted octanol–water partition coefficient (Wildman–Crippen LogP) is 3.47. The molecule has 1 aromatic carbocycles. The van der Waals surface area contributed by atoms with Crippen molar-refractivity contribution in [2.75, 3.05) is 0 Å². The summed E-state index contributed by atoms with van der Waals surface area (Å²) in [6.45, 7) is 2.09. The Morgan fingerprint density at radius 2 is 1.83 bits per heavy atom. The van der Waals surface area contributed by atoms with E-state index in [2.05, 4.69) is 46.3 Å². The van der Waals surface area contributed by atoms with Gasteiger partial charge in [0.05, 0.1) is 5.56 Å². The average Bonchev–Trinajstić information content (AvgIpc) is 2.99. The van der Waals surface area contributed by atoms with E-state index in [4.69, 9.17) is 9.26 Å². The Bertz CT molecular complexity index is 821. The van der Waals surface area contributed by atoms with Gasteiger partial charge < -0.3 is 14.4 Å². The molecule has 2 heterocycles. The molecule has 0 spiro atoms. The lowest BCUT2D eigenvalue weighted by atomic mass is 9.77. The Hall–Kier alpha value is -2.89. The van der Waals surface area contributed by atoms with Crippen molar-refractivity contribution in [2.24, 2.45) is 0 Å². The summed E-state index contributed by atoms with van der Waals surface area (Å²) >= 11 is 0. The Kier molecular flexibility index (Phi) is 3.65. The second-order valence-electron chi connectivity index (χ2n) is 6.12. The van der Waals surface area contributed by atoms with Crippen LogP contribution in [0, 0.1) is 6.92 Å². The fourth-order valence-corrected chi connectivity index (χ4v) is 2.83. The first kappa shape index (κ1) is 14.7. The molecule has 0 saturated heterocycles. The maximum Gasteiger partial charge on any atom is 0.316 e. The first-order chi connectivity index (χ1) is 11.7. The number of nitrogens with zero attached hydrogens (tertiary/aromatic N) is 3. The predicted molar refractivity (Wildman–Crippen MR) is 86.8 cm³/mol. The molecule has 1 saturated carbocycles. The molecule has 0 atom stereocenters. The summed E-state index contributed by atoms with van der Waals surface area (Å²) in [4.78, 5) is 8.39. The molecule has 6 nitrogen and oxygen atoms in total. The summed E-state index contributed by atoms with van der Waals surface area (Å²) in [5.41, 5.74) is 3.28. The summed E-state index contributed by atoms with van der Waals surface area (Å²) < 4.78 is 10.8. The highest BCUT2D eigenvalue weighted by Gasteiger charge is 2.32. The summed E-state index contributed by atoms with van der Waals surface area (Å²) in [5.74, 6) is 0.802. The molecule has 1 fully saturated rings. The molecule has 0 amide bonds. The number of hydrogen-bond acceptors (Lipinski definition) is 6. The van der Waals surface area contributed by atoms with Gasteiger partial charge in [-0.15, -0.1) is 0 Å². The van der Waals surface area contributed by atoms with Crippen molar-refractivity contribution in [1.82, 2.24) is 15.1 Å². The maximum absolute atomic E-state index is 9.19. The third-order valence-corrected chi connectivity index (χ3v) is 4.33. The van der Waals surface area contributed by atoms with Crippen LogP contribution in [0.25, 0.3) is 11.3 Å². The second-order valence-corrected chi connectivity index (χ2v) is 6.12. The van der Waals surface area contributed by atoms with Crippen LogP contribution in [0.4, 0.5) is 0 Å². The Balaban J connectivity index is 1.34. The number of benzene rings is 1. The van der Waals surface area contributed by atoms with Crippen molar-refractivity contribution in [1.29, 1.82) is 0 Å². The topological polar surface area (TPSA) is 81.3 Å². The van der Waals surface area contributed by atoms with Crippen LogP contribution in [-0.2, 0) is 0 Å². The van der Waals surface area contributed by atoms with Crippen LogP contribution in [0.3, 0.4) is 0 Å². The lowest BCUT2D eigenvalue weighted by Crippen LogP contribution is -2.32. The van der Waals surface area contributed by atoms with E-state index in [1.54, 1.807) is 12.4 Å². The molecule has 24 heavy (non-hydrogen) atoms. The van der Waals surface area contributed by atoms with Crippen molar-refractivity contribution >= 4 is 0 Å². The van der Waals surface area contributed by atoms with E-state index in [1.165, 1.54) is 17.2 Å². The molecule has 0 bridgehead atoms.